The molecule has 0 N–H and O–H groups in total. The lowest BCUT2D eigenvalue weighted by Crippen LogP contribution is -2.07. The quantitative estimate of drug-likeness (QED) is 0.522. The van der Waals surface area contributed by atoms with Crippen LogP contribution in [-0.2, 0) is 11.3 Å². The molecule has 146 valence electrons. The van der Waals surface area contributed by atoms with Gasteiger partial charge >= 0.3 is 5.97 Å². The van der Waals surface area contributed by atoms with Crippen LogP contribution in [0.5, 0.6) is 11.5 Å². The standard InChI is InChI=1S/C22H23NO5/c1-4-25-19-11-10-17(12-21(19)26-5-2)22(24)27-14-18-13-20(28-23-18)16-8-6-15(3)7-9-16/h6-13H,4-5,14H2,1-3H3. The predicted molar refractivity (Wildman–Crippen MR) is 105 cm³/mol. The second-order valence-electron chi connectivity index (χ2n) is 6.15. The average molecular weight is 381 g/mol. The fourth-order valence-corrected chi connectivity index (χ4v) is 2.63. The Bertz CT molecular complexity index is 930. The van der Waals surface area contributed by atoms with E-state index in [4.69, 9.17) is 18.7 Å². The van der Waals surface area contributed by atoms with E-state index in [1.165, 1.54) is 5.56 Å². The zero-order valence-electron chi connectivity index (χ0n) is 16.2. The molecule has 0 unspecified atom stereocenters. The number of hydrogen-bond acceptors (Lipinski definition) is 6. The van der Waals surface area contributed by atoms with Crippen molar-refractivity contribution in [2.45, 2.75) is 27.4 Å². The second kappa shape index (κ2) is 9.08. The molecule has 0 atom stereocenters. The highest BCUT2D eigenvalue weighted by Crippen LogP contribution is 2.29. The first-order valence-electron chi connectivity index (χ1n) is 9.20. The number of esters is 1. The van der Waals surface area contributed by atoms with E-state index in [2.05, 4.69) is 5.16 Å². The lowest BCUT2D eigenvalue weighted by molar-refractivity contribution is 0.0463. The minimum atomic E-state index is -0.469. The van der Waals surface area contributed by atoms with Gasteiger partial charge in [0.15, 0.2) is 17.3 Å². The van der Waals surface area contributed by atoms with Crippen LogP contribution in [0.25, 0.3) is 11.3 Å². The van der Waals surface area contributed by atoms with Crippen LogP contribution in [-0.4, -0.2) is 24.3 Å². The first-order chi connectivity index (χ1) is 13.6. The number of hydrogen-bond donors (Lipinski definition) is 0. The third-order valence-corrected chi connectivity index (χ3v) is 4.03. The maximum Gasteiger partial charge on any atom is 0.338 e. The molecule has 0 radical (unpaired) electrons. The Morgan fingerprint density at radius 1 is 0.964 bits per heavy atom. The van der Waals surface area contributed by atoms with Crippen molar-refractivity contribution >= 4 is 5.97 Å². The second-order valence-corrected chi connectivity index (χ2v) is 6.15. The number of rotatable bonds is 8. The molecular formula is C22H23NO5. The lowest BCUT2D eigenvalue weighted by Gasteiger charge is -2.12. The molecule has 0 bridgehead atoms. The van der Waals surface area contributed by atoms with Gasteiger partial charge in [-0.2, -0.15) is 0 Å². The summed E-state index contributed by atoms with van der Waals surface area (Å²) in [6.45, 7) is 6.79. The minimum absolute atomic E-state index is 0.0192. The van der Waals surface area contributed by atoms with E-state index in [0.29, 0.717) is 41.7 Å². The molecule has 0 saturated carbocycles. The lowest BCUT2D eigenvalue weighted by atomic mass is 10.1. The largest absolute Gasteiger partial charge is 0.490 e. The Balaban J connectivity index is 1.65. The van der Waals surface area contributed by atoms with Gasteiger partial charge in [-0.3, -0.25) is 0 Å². The van der Waals surface area contributed by atoms with Crippen molar-refractivity contribution in [3.8, 4) is 22.8 Å². The summed E-state index contributed by atoms with van der Waals surface area (Å²) in [4.78, 5) is 12.4. The smallest absolute Gasteiger partial charge is 0.338 e. The normalized spacial score (nSPS) is 10.5. The number of benzene rings is 2. The van der Waals surface area contributed by atoms with Crippen LogP contribution in [0.1, 0.15) is 35.5 Å². The van der Waals surface area contributed by atoms with Crippen molar-refractivity contribution in [1.29, 1.82) is 0 Å². The van der Waals surface area contributed by atoms with Crippen LogP contribution in [0.2, 0.25) is 0 Å². The molecule has 0 spiro atoms. The Morgan fingerprint density at radius 3 is 2.39 bits per heavy atom. The highest BCUT2D eigenvalue weighted by molar-refractivity contribution is 5.90. The molecule has 0 aliphatic carbocycles. The first-order valence-corrected chi connectivity index (χ1v) is 9.20. The number of ether oxygens (including phenoxy) is 3. The number of aromatic nitrogens is 1. The van der Waals surface area contributed by atoms with Crippen molar-refractivity contribution in [2.24, 2.45) is 0 Å². The fraction of sp³-hybridized carbons (Fsp3) is 0.273. The molecule has 0 saturated heterocycles. The van der Waals surface area contributed by atoms with Crippen LogP contribution < -0.4 is 9.47 Å². The van der Waals surface area contributed by atoms with Gasteiger partial charge in [-0.25, -0.2) is 4.79 Å². The van der Waals surface area contributed by atoms with Crippen molar-refractivity contribution in [1.82, 2.24) is 5.16 Å². The fourth-order valence-electron chi connectivity index (χ4n) is 2.63. The molecule has 3 rings (SSSR count). The van der Waals surface area contributed by atoms with E-state index < -0.39 is 5.97 Å². The van der Waals surface area contributed by atoms with Crippen LogP contribution >= 0.6 is 0 Å². The van der Waals surface area contributed by atoms with Crippen LogP contribution in [0.4, 0.5) is 0 Å². The van der Waals surface area contributed by atoms with Gasteiger partial charge in [-0.05, 0) is 39.0 Å². The minimum Gasteiger partial charge on any atom is -0.490 e. The Kier molecular flexibility index (Phi) is 6.32. The van der Waals surface area contributed by atoms with Gasteiger partial charge in [0.2, 0.25) is 0 Å². The summed E-state index contributed by atoms with van der Waals surface area (Å²) in [5, 5.41) is 3.97. The summed E-state index contributed by atoms with van der Waals surface area (Å²) in [5.41, 5.74) is 3.01. The molecule has 0 amide bonds. The van der Waals surface area contributed by atoms with E-state index in [0.717, 1.165) is 5.56 Å². The van der Waals surface area contributed by atoms with Gasteiger partial charge in [0.05, 0.1) is 18.8 Å². The highest BCUT2D eigenvalue weighted by atomic mass is 16.5. The molecule has 0 fully saturated rings. The molecule has 2 aromatic carbocycles. The zero-order valence-corrected chi connectivity index (χ0v) is 16.2. The highest BCUT2D eigenvalue weighted by Gasteiger charge is 2.14. The molecule has 1 aromatic heterocycles. The summed E-state index contributed by atoms with van der Waals surface area (Å²) in [5.74, 6) is 1.27. The van der Waals surface area contributed by atoms with Crippen molar-refractivity contribution < 1.29 is 23.5 Å². The molecule has 3 aromatic rings. The number of nitrogens with zero attached hydrogens (tertiary/aromatic N) is 1. The van der Waals surface area contributed by atoms with Crippen LogP contribution in [0.15, 0.2) is 53.1 Å². The van der Waals surface area contributed by atoms with Gasteiger partial charge < -0.3 is 18.7 Å². The molecular weight excluding hydrogens is 358 g/mol. The predicted octanol–water partition coefficient (Wildman–Crippen LogP) is 4.80. The van der Waals surface area contributed by atoms with E-state index in [9.17, 15) is 4.79 Å². The number of aryl methyl sites for hydroxylation is 1. The maximum atomic E-state index is 12.4. The average Bonchev–Trinajstić information content (AvgIpc) is 3.17. The molecule has 1 heterocycles. The van der Waals surface area contributed by atoms with E-state index in [-0.39, 0.29) is 6.61 Å². The number of carbonyl (C=O) groups excluding carboxylic acids is 1. The number of carbonyl (C=O) groups is 1. The summed E-state index contributed by atoms with van der Waals surface area (Å²) >= 11 is 0. The molecule has 6 nitrogen and oxygen atoms in total. The monoisotopic (exact) mass is 381 g/mol. The zero-order chi connectivity index (χ0) is 19.9. The van der Waals surface area contributed by atoms with Gasteiger partial charge in [0.1, 0.15) is 12.3 Å². The molecule has 0 aliphatic heterocycles. The SMILES string of the molecule is CCOc1ccc(C(=O)OCc2cc(-c3ccc(C)cc3)on2)cc1OCC. The van der Waals surface area contributed by atoms with Crippen LogP contribution in [0, 0.1) is 6.92 Å². The first kappa shape index (κ1) is 19.5. The summed E-state index contributed by atoms with van der Waals surface area (Å²) in [6.07, 6.45) is 0. The summed E-state index contributed by atoms with van der Waals surface area (Å²) < 4.78 is 21.8. The summed E-state index contributed by atoms with van der Waals surface area (Å²) in [6, 6.07) is 14.7. The topological polar surface area (TPSA) is 70.8 Å². The van der Waals surface area contributed by atoms with Gasteiger partial charge in [0, 0.05) is 11.6 Å². The molecule has 28 heavy (non-hydrogen) atoms. The Hall–Kier alpha value is -3.28. The van der Waals surface area contributed by atoms with Gasteiger partial charge in [-0.1, -0.05) is 35.0 Å². The van der Waals surface area contributed by atoms with Crippen molar-refractivity contribution in [2.75, 3.05) is 13.2 Å². The third kappa shape index (κ3) is 4.71. The van der Waals surface area contributed by atoms with Crippen LogP contribution in [0.3, 0.4) is 0 Å². The van der Waals surface area contributed by atoms with Crippen molar-refractivity contribution in [3.63, 3.8) is 0 Å². The maximum absolute atomic E-state index is 12.4. The Morgan fingerprint density at radius 2 is 1.68 bits per heavy atom. The molecule has 6 heteroatoms. The van der Waals surface area contributed by atoms with Crippen molar-refractivity contribution in [3.05, 3.63) is 65.4 Å². The van der Waals surface area contributed by atoms with E-state index in [1.54, 1.807) is 24.3 Å². The third-order valence-electron chi connectivity index (χ3n) is 4.03. The van der Waals surface area contributed by atoms with E-state index in [1.807, 2.05) is 45.0 Å². The van der Waals surface area contributed by atoms with E-state index >= 15 is 0 Å². The summed E-state index contributed by atoms with van der Waals surface area (Å²) in [7, 11) is 0. The van der Waals surface area contributed by atoms with Gasteiger partial charge in [0.25, 0.3) is 0 Å². The molecule has 0 aliphatic rings. The Labute approximate surface area is 164 Å². The van der Waals surface area contributed by atoms with Gasteiger partial charge in [-0.15, -0.1) is 0 Å².